The number of hydrogen-bond donors (Lipinski definition) is 0. The lowest BCUT2D eigenvalue weighted by Crippen LogP contribution is -2.32. The van der Waals surface area contributed by atoms with Crippen LogP contribution < -0.4 is 14.4 Å². The number of benzene rings is 12. The first-order valence-corrected chi connectivity index (χ1v) is 25.9. The third kappa shape index (κ3) is 5.75. The zero-order valence-electron chi connectivity index (χ0n) is 40.7. The van der Waals surface area contributed by atoms with Crippen molar-refractivity contribution in [2.45, 2.75) is 10.8 Å². The zero-order valence-corrected chi connectivity index (χ0v) is 40.7. The summed E-state index contributed by atoms with van der Waals surface area (Å²) in [5.74, 6) is 3.52. The maximum atomic E-state index is 6.77. The number of fused-ring (bicyclic) bond motifs is 20. The van der Waals surface area contributed by atoms with Gasteiger partial charge in [0.15, 0.2) is 0 Å². The van der Waals surface area contributed by atoms with Crippen LogP contribution in [0.3, 0.4) is 0 Å². The number of nitrogens with zero attached hydrogens (tertiary/aromatic N) is 1. The highest BCUT2D eigenvalue weighted by molar-refractivity contribution is 6.06. The van der Waals surface area contributed by atoms with E-state index in [0.29, 0.717) is 0 Å². The minimum atomic E-state index is -0.624. The molecule has 0 saturated heterocycles. The molecule has 16 rings (SSSR count). The van der Waals surface area contributed by atoms with E-state index in [1.54, 1.807) is 0 Å². The van der Waals surface area contributed by atoms with Crippen LogP contribution in [0.15, 0.2) is 273 Å². The summed E-state index contributed by atoms with van der Waals surface area (Å²) in [5.41, 5.74) is 21.2. The van der Waals surface area contributed by atoms with E-state index in [1.165, 1.54) is 72.0 Å². The highest BCUT2D eigenvalue weighted by Gasteiger charge is 2.53. The first-order valence-electron chi connectivity index (χ1n) is 25.9. The molecule has 0 aromatic heterocycles. The normalized spacial score (nSPS) is 14.0. The summed E-state index contributed by atoms with van der Waals surface area (Å²) in [7, 11) is 0. The van der Waals surface area contributed by atoms with Gasteiger partial charge < -0.3 is 14.4 Å². The molecule has 12 aromatic carbocycles. The first kappa shape index (κ1) is 41.9. The summed E-state index contributed by atoms with van der Waals surface area (Å²) in [6, 6.07) is 100.0. The number of anilines is 3. The predicted molar refractivity (Wildman–Crippen MR) is 304 cm³/mol. The van der Waals surface area contributed by atoms with Crippen molar-refractivity contribution < 1.29 is 9.47 Å². The average Bonchev–Trinajstić information content (AvgIpc) is 3.98. The molecule has 0 atom stereocenters. The van der Waals surface area contributed by atoms with Crippen molar-refractivity contribution in [1.29, 1.82) is 0 Å². The van der Waals surface area contributed by atoms with Gasteiger partial charge in [-0.1, -0.05) is 218 Å². The van der Waals surface area contributed by atoms with E-state index in [0.717, 1.165) is 67.9 Å². The highest BCUT2D eigenvalue weighted by atomic mass is 16.5. The molecule has 2 aliphatic heterocycles. The molecule has 0 amide bonds. The van der Waals surface area contributed by atoms with Gasteiger partial charge in [-0.25, -0.2) is 0 Å². The molecule has 0 fully saturated rings. The molecule has 0 bridgehead atoms. The van der Waals surface area contributed by atoms with Gasteiger partial charge >= 0.3 is 0 Å². The molecule has 0 unspecified atom stereocenters. The predicted octanol–water partition coefficient (Wildman–Crippen LogP) is 18.6. The molecule has 12 aromatic rings. The van der Waals surface area contributed by atoms with E-state index in [4.69, 9.17) is 9.47 Å². The molecule has 0 saturated carbocycles. The van der Waals surface area contributed by atoms with E-state index >= 15 is 0 Å². The summed E-state index contributed by atoms with van der Waals surface area (Å²) < 4.78 is 13.5. The fourth-order valence-electron chi connectivity index (χ4n) is 13.6. The van der Waals surface area contributed by atoms with Crippen molar-refractivity contribution in [2.24, 2.45) is 0 Å². The molecule has 0 radical (unpaired) electrons. The summed E-state index contributed by atoms with van der Waals surface area (Å²) in [6.07, 6.45) is 0. The van der Waals surface area contributed by atoms with Crippen molar-refractivity contribution in [1.82, 2.24) is 0 Å². The Labute approximate surface area is 435 Å². The van der Waals surface area contributed by atoms with Crippen LogP contribution in [0.2, 0.25) is 0 Å². The van der Waals surface area contributed by atoms with E-state index in [9.17, 15) is 0 Å². The van der Waals surface area contributed by atoms with Crippen LogP contribution >= 0.6 is 0 Å². The number of ether oxygens (including phenoxy) is 2. The average molecular weight is 956 g/mol. The standard InChI is InChI=1S/C72H45NO2/c1-2-17-46(18-3-1)47-33-35-48(36-34-47)49-37-40-51(41-38-49)73(64-28-16-27-62-70(64)54-21-6-7-22-56(54)71(62)58-23-8-12-29-65(58)74-66-30-13-9-24-59(66)71)52-42-44-57-55(45-52)69-53-20-5-4-19-50(53)39-43-63(69)72(57)60-25-10-14-31-67(60)75-68-32-15-11-26-61(68)72/h1-45H. The summed E-state index contributed by atoms with van der Waals surface area (Å²) >= 11 is 0. The van der Waals surface area contributed by atoms with Gasteiger partial charge in [0.25, 0.3) is 0 Å². The second kappa shape index (κ2) is 15.9. The summed E-state index contributed by atoms with van der Waals surface area (Å²) in [6.45, 7) is 0. The molecule has 3 nitrogen and oxygen atoms in total. The quantitative estimate of drug-likeness (QED) is 0.172. The molecular formula is C72H45NO2. The van der Waals surface area contributed by atoms with Crippen molar-refractivity contribution >= 4 is 27.8 Å². The Hall–Kier alpha value is -9.70. The molecule has 2 spiro atoms. The van der Waals surface area contributed by atoms with Crippen LogP contribution in [-0.2, 0) is 10.8 Å². The Bertz CT molecular complexity index is 4220. The topological polar surface area (TPSA) is 21.7 Å². The minimum Gasteiger partial charge on any atom is -0.457 e. The molecular weight excluding hydrogens is 911 g/mol. The van der Waals surface area contributed by atoms with Crippen molar-refractivity contribution in [3.63, 3.8) is 0 Å². The number of hydrogen-bond acceptors (Lipinski definition) is 3. The van der Waals surface area contributed by atoms with Gasteiger partial charge in [-0.3, -0.25) is 0 Å². The van der Waals surface area contributed by atoms with Gasteiger partial charge in [-0.15, -0.1) is 0 Å². The third-order valence-corrected chi connectivity index (χ3v) is 16.6. The maximum Gasteiger partial charge on any atom is 0.132 e. The number of rotatable bonds is 5. The first-order chi connectivity index (χ1) is 37.2. The second-order valence-corrected chi connectivity index (χ2v) is 20.2. The van der Waals surface area contributed by atoms with Crippen LogP contribution in [0.1, 0.15) is 44.5 Å². The molecule has 350 valence electrons. The molecule has 3 heteroatoms. The smallest absolute Gasteiger partial charge is 0.132 e. The van der Waals surface area contributed by atoms with Gasteiger partial charge in [0.1, 0.15) is 23.0 Å². The highest BCUT2D eigenvalue weighted by Crippen LogP contribution is 2.66. The maximum absolute atomic E-state index is 6.77. The van der Waals surface area contributed by atoms with Crippen molar-refractivity contribution in [3.05, 3.63) is 317 Å². The Morgan fingerprint density at radius 1 is 0.267 bits per heavy atom. The van der Waals surface area contributed by atoms with Crippen LogP contribution in [0.25, 0.3) is 55.3 Å². The zero-order chi connectivity index (χ0) is 49.2. The SMILES string of the molecule is c1ccc(-c2ccc(-c3ccc(N(c4ccc5c(c4)-c4c(ccc6ccccc46)C54c5ccccc5Oc5ccccc54)c4cccc5c4-c4ccccc4C54c5ccccc5Oc5ccccc54)cc3)cc2)cc1. The Morgan fingerprint density at radius 3 is 1.29 bits per heavy atom. The molecule has 2 aliphatic carbocycles. The van der Waals surface area contributed by atoms with Crippen LogP contribution in [0.5, 0.6) is 23.0 Å². The van der Waals surface area contributed by atoms with E-state index in [1.807, 2.05) is 0 Å². The van der Waals surface area contributed by atoms with E-state index in [-0.39, 0.29) is 0 Å². The summed E-state index contributed by atoms with van der Waals surface area (Å²) in [5, 5.41) is 2.44. The number of para-hydroxylation sites is 4. The van der Waals surface area contributed by atoms with Gasteiger partial charge in [-0.05, 0) is 127 Å². The molecule has 4 aliphatic rings. The lowest BCUT2D eigenvalue weighted by Gasteiger charge is -2.39. The second-order valence-electron chi connectivity index (χ2n) is 20.2. The van der Waals surface area contributed by atoms with Crippen LogP contribution in [0.4, 0.5) is 17.1 Å². The Kier molecular flexibility index (Phi) is 8.88. The third-order valence-electron chi connectivity index (χ3n) is 16.6. The van der Waals surface area contributed by atoms with E-state index in [2.05, 4.69) is 278 Å². The summed E-state index contributed by atoms with van der Waals surface area (Å²) in [4.78, 5) is 2.51. The molecule has 75 heavy (non-hydrogen) atoms. The molecule has 2 heterocycles. The van der Waals surface area contributed by atoms with E-state index < -0.39 is 10.8 Å². The van der Waals surface area contributed by atoms with Gasteiger partial charge in [-0.2, -0.15) is 0 Å². The molecule has 0 N–H and O–H groups in total. The Morgan fingerprint density at radius 2 is 0.693 bits per heavy atom. The van der Waals surface area contributed by atoms with Gasteiger partial charge in [0.2, 0.25) is 0 Å². The fourth-order valence-corrected chi connectivity index (χ4v) is 13.6. The van der Waals surface area contributed by atoms with Crippen LogP contribution in [-0.4, -0.2) is 0 Å². The van der Waals surface area contributed by atoms with Crippen molar-refractivity contribution in [2.75, 3.05) is 4.90 Å². The van der Waals surface area contributed by atoms with Crippen molar-refractivity contribution in [3.8, 4) is 67.5 Å². The minimum absolute atomic E-state index is 0.621. The Balaban J connectivity index is 0.958. The lowest BCUT2D eigenvalue weighted by atomic mass is 9.66. The monoisotopic (exact) mass is 955 g/mol. The largest absolute Gasteiger partial charge is 0.457 e. The fraction of sp³-hybridized carbons (Fsp3) is 0.0278. The van der Waals surface area contributed by atoms with Gasteiger partial charge in [0.05, 0.1) is 16.5 Å². The van der Waals surface area contributed by atoms with Gasteiger partial charge in [0, 0.05) is 39.2 Å². The lowest BCUT2D eigenvalue weighted by molar-refractivity contribution is 0.436. The van der Waals surface area contributed by atoms with Crippen LogP contribution in [0, 0.1) is 0 Å².